The zero-order valence-electron chi connectivity index (χ0n) is 20.4. The minimum absolute atomic E-state index is 0.0355. The van der Waals surface area contributed by atoms with Gasteiger partial charge in [-0.3, -0.25) is 0 Å². The molecule has 1 saturated carbocycles. The molecule has 1 unspecified atom stereocenters. The number of rotatable bonds is 7. The second-order valence-corrected chi connectivity index (χ2v) is 9.32. The number of fused-ring (bicyclic) bond motifs is 1. The van der Waals surface area contributed by atoms with Crippen molar-refractivity contribution in [3.05, 3.63) is 71.0 Å². The number of aryl methyl sites for hydroxylation is 1. The van der Waals surface area contributed by atoms with Crippen molar-refractivity contribution in [3.63, 3.8) is 0 Å². The number of aromatic nitrogens is 4. The number of benzene rings is 2. The molecule has 0 aliphatic heterocycles. The third kappa shape index (κ3) is 5.14. The van der Waals surface area contributed by atoms with Gasteiger partial charge in [-0.25, -0.2) is 19.7 Å². The number of halogens is 3. The van der Waals surface area contributed by atoms with Crippen molar-refractivity contribution < 1.29 is 22.7 Å². The Morgan fingerprint density at radius 3 is 2.49 bits per heavy atom. The van der Waals surface area contributed by atoms with Crippen molar-refractivity contribution in [2.45, 2.75) is 51.9 Å². The molecule has 2 aromatic carbocycles. The molecular weight excluding hydrogens is 483 g/mol. The first-order valence-electron chi connectivity index (χ1n) is 12.1. The van der Waals surface area contributed by atoms with Gasteiger partial charge in [-0.05, 0) is 61.4 Å². The summed E-state index contributed by atoms with van der Waals surface area (Å²) in [4.78, 5) is 26.0. The van der Waals surface area contributed by atoms with Gasteiger partial charge in [-0.2, -0.15) is 13.2 Å². The number of carbonyl (C=O) groups is 1. The fraction of sp³-hybridized carbons (Fsp3) is 0.333. The molecule has 1 atom stereocenters. The highest BCUT2D eigenvalue weighted by Crippen LogP contribution is 2.35. The molecule has 2 N–H and O–H groups in total. The molecule has 37 heavy (non-hydrogen) atoms. The molecule has 2 aromatic heterocycles. The van der Waals surface area contributed by atoms with Crippen LogP contribution in [0, 0.1) is 5.92 Å². The van der Waals surface area contributed by atoms with E-state index in [1.165, 1.54) is 12.1 Å². The molecule has 7 nitrogen and oxygen atoms in total. The summed E-state index contributed by atoms with van der Waals surface area (Å²) in [6.45, 7) is 4.06. The van der Waals surface area contributed by atoms with Gasteiger partial charge in [-0.1, -0.05) is 37.3 Å². The SMILES string of the molecule is CCc1cccc(-c2nc3nc(C(=O)OC(C)C4CC4)nc(N)c3n2Cc2ccc(C(F)(F)F)cc2)c1. The summed E-state index contributed by atoms with van der Waals surface area (Å²) in [6, 6.07) is 12.7. The summed E-state index contributed by atoms with van der Waals surface area (Å²) >= 11 is 0. The Kier molecular flexibility index (Phi) is 6.35. The Bertz CT molecular complexity index is 1460. The first kappa shape index (κ1) is 24.7. The predicted molar refractivity (Wildman–Crippen MR) is 133 cm³/mol. The van der Waals surface area contributed by atoms with Gasteiger partial charge < -0.3 is 15.0 Å². The van der Waals surface area contributed by atoms with Crippen LogP contribution < -0.4 is 5.73 Å². The lowest BCUT2D eigenvalue weighted by molar-refractivity contribution is -0.137. The molecule has 0 spiro atoms. The highest BCUT2D eigenvalue weighted by Gasteiger charge is 2.32. The van der Waals surface area contributed by atoms with Crippen LogP contribution in [0.25, 0.3) is 22.6 Å². The highest BCUT2D eigenvalue weighted by molar-refractivity contribution is 5.92. The average Bonchev–Trinajstić information content (AvgIpc) is 3.66. The van der Waals surface area contributed by atoms with Crippen LogP contribution in [0.5, 0.6) is 0 Å². The summed E-state index contributed by atoms with van der Waals surface area (Å²) in [5, 5.41) is 0. The molecule has 1 aliphatic carbocycles. The van der Waals surface area contributed by atoms with E-state index in [1.807, 2.05) is 38.1 Å². The molecule has 0 amide bonds. The summed E-state index contributed by atoms with van der Waals surface area (Å²) in [6.07, 6.45) is -1.82. The predicted octanol–water partition coefficient (Wildman–Crippen LogP) is 5.66. The topological polar surface area (TPSA) is 95.9 Å². The monoisotopic (exact) mass is 509 g/mol. The van der Waals surface area contributed by atoms with E-state index in [-0.39, 0.29) is 29.9 Å². The van der Waals surface area contributed by atoms with Gasteiger partial charge in [0.1, 0.15) is 17.4 Å². The van der Waals surface area contributed by atoms with Gasteiger partial charge in [0.25, 0.3) is 0 Å². The maximum absolute atomic E-state index is 13.1. The number of esters is 1. The molecule has 1 aliphatic rings. The van der Waals surface area contributed by atoms with E-state index in [9.17, 15) is 18.0 Å². The molecule has 2 heterocycles. The number of hydrogen-bond acceptors (Lipinski definition) is 6. The molecule has 0 bridgehead atoms. The van der Waals surface area contributed by atoms with Crippen LogP contribution in [-0.2, 0) is 23.9 Å². The van der Waals surface area contributed by atoms with E-state index in [0.717, 1.165) is 42.5 Å². The maximum Gasteiger partial charge on any atom is 0.416 e. The molecule has 192 valence electrons. The molecule has 1 fully saturated rings. The normalized spacial score (nSPS) is 14.6. The quantitative estimate of drug-likeness (QED) is 0.323. The number of carbonyl (C=O) groups excluding carboxylic acids is 1. The Morgan fingerprint density at radius 2 is 1.84 bits per heavy atom. The van der Waals surface area contributed by atoms with Crippen LogP contribution in [0.3, 0.4) is 0 Å². The minimum atomic E-state index is -4.42. The standard InChI is InChI=1S/C27H26F3N5O2/c1-3-16-5-4-6-19(13-16)25-34-23-21(35(25)14-17-7-11-20(12-8-17)27(28,29)30)22(31)32-24(33-23)26(36)37-15(2)18-9-10-18/h4-8,11-13,15,18H,3,9-10,14H2,1-2H3,(H2,31,32,33). The van der Waals surface area contributed by atoms with Crippen molar-refractivity contribution >= 4 is 23.0 Å². The number of nitrogen functional groups attached to an aromatic ring is 1. The van der Waals surface area contributed by atoms with E-state index in [1.54, 1.807) is 4.57 Å². The second kappa shape index (κ2) is 9.49. The van der Waals surface area contributed by atoms with Crippen LogP contribution >= 0.6 is 0 Å². The fourth-order valence-electron chi connectivity index (χ4n) is 4.32. The lowest BCUT2D eigenvalue weighted by Crippen LogP contribution is -2.19. The molecule has 4 aromatic rings. The summed E-state index contributed by atoms with van der Waals surface area (Å²) in [5.41, 5.74) is 8.67. The van der Waals surface area contributed by atoms with Crippen LogP contribution in [0.2, 0.25) is 0 Å². The zero-order valence-corrected chi connectivity index (χ0v) is 20.4. The van der Waals surface area contributed by atoms with Crippen molar-refractivity contribution in [2.24, 2.45) is 5.92 Å². The molecule has 0 saturated heterocycles. The smallest absolute Gasteiger partial charge is 0.416 e. The number of nitrogens with zero attached hydrogens (tertiary/aromatic N) is 4. The van der Waals surface area contributed by atoms with Gasteiger partial charge in [0, 0.05) is 12.1 Å². The first-order chi connectivity index (χ1) is 17.6. The summed E-state index contributed by atoms with van der Waals surface area (Å²) in [7, 11) is 0. The number of imidazole rings is 1. The summed E-state index contributed by atoms with van der Waals surface area (Å²) in [5.74, 6) is 0.0622. The Morgan fingerprint density at radius 1 is 1.11 bits per heavy atom. The Balaban J connectivity index is 1.59. The van der Waals surface area contributed by atoms with Crippen molar-refractivity contribution in [1.29, 1.82) is 0 Å². The molecule has 0 radical (unpaired) electrons. The number of hydrogen-bond donors (Lipinski definition) is 1. The van der Waals surface area contributed by atoms with Crippen LogP contribution in [0.4, 0.5) is 19.0 Å². The van der Waals surface area contributed by atoms with E-state index in [2.05, 4.69) is 15.0 Å². The van der Waals surface area contributed by atoms with E-state index in [4.69, 9.17) is 10.5 Å². The van der Waals surface area contributed by atoms with Crippen LogP contribution in [0.1, 0.15) is 54.0 Å². The molecule has 10 heteroatoms. The third-order valence-electron chi connectivity index (χ3n) is 6.61. The minimum Gasteiger partial charge on any atom is -0.456 e. The number of nitrogens with two attached hydrogens (primary N) is 1. The van der Waals surface area contributed by atoms with E-state index in [0.29, 0.717) is 22.8 Å². The molecular formula is C27H26F3N5O2. The number of ether oxygens (including phenoxy) is 1. The summed E-state index contributed by atoms with van der Waals surface area (Å²) < 4.78 is 46.4. The van der Waals surface area contributed by atoms with Crippen LogP contribution in [0.15, 0.2) is 48.5 Å². The molecule has 5 rings (SSSR count). The Labute approximate surface area is 211 Å². The lowest BCUT2D eigenvalue weighted by atomic mass is 10.1. The van der Waals surface area contributed by atoms with Gasteiger partial charge in [0.15, 0.2) is 11.5 Å². The largest absolute Gasteiger partial charge is 0.456 e. The Hall–Kier alpha value is -3.95. The fourth-order valence-corrected chi connectivity index (χ4v) is 4.32. The van der Waals surface area contributed by atoms with Crippen molar-refractivity contribution in [1.82, 2.24) is 19.5 Å². The van der Waals surface area contributed by atoms with Gasteiger partial charge >= 0.3 is 12.1 Å². The maximum atomic E-state index is 13.1. The van der Waals surface area contributed by atoms with Crippen molar-refractivity contribution in [3.8, 4) is 11.4 Å². The van der Waals surface area contributed by atoms with E-state index < -0.39 is 17.7 Å². The highest BCUT2D eigenvalue weighted by atomic mass is 19.4. The third-order valence-corrected chi connectivity index (χ3v) is 6.61. The number of anilines is 1. The van der Waals surface area contributed by atoms with Gasteiger partial charge in [0.2, 0.25) is 5.82 Å². The average molecular weight is 510 g/mol. The van der Waals surface area contributed by atoms with Crippen molar-refractivity contribution in [2.75, 3.05) is 5.73 Å². The van der Waals surface area contributed by atoms with Gasteiger partial charge in [0.05, 0.1) is 5.56 Å². The van der Waals surface area contributed by atoms with Crippen LogP contribution in [-0.4, -0.2) is 31.6 Å². The van der Waals surface area contributed by atoms with E-state index >= 15 is 0 Å². The number of alkyl halides is 3. The van der Waals surface area contributed by atoms with Gasteiger partial charge in [-0.15, -0.1) is 0 Å². The second-order valence-electron chi connectivity index (χ2n) is 9.32. The lowest BCUT2D eigenvalue weighted by Gasteiger charge is -2.13. The first-order valence-corrected chi connectivity index (χ1v) is 12.1. The zero-order chi connectivity index (χ0) is 26.3.